The van der Waals surface area contributed by atoms with Gasteiger partial charge < -0.3 is 9.64 Å². The highest BCUT2D eigenvalue weighted by Crippen LogP contribution is 2.03. The minimum Gasteiger partial charge on any atom is -0.462 e. The molecule has 0 saturated heterocycles. The van der Waals surface area contributed by atoms with Crippen molar-refractivity contribution in [2.75, 3.05) is 19.7 Å². The lowest BCUT2D eigenvalue weighted by atomic mass is 10.3. The highest BCUT2D eigenvalue weighted by molar-refractivity contribution is 5.87. The van der Waals surface area contributed by atoms with Crippen LogP contribution >= 0.6 is 0 Å². The smallest absolute Gasteiger partial charge is 0.335 e. The van der Waals surface area contributed by atoms with Crippen LogP contribution in [0.1, 0.15) is 47.0 Å². The van der Waals surface area contributed by atoms with Crippen LogP contribution in [-0.2, 0) is 9.53 Å². The lowest BCUT2D eigenvalue weighted by Crippen LogP contribution is -2.21. The van der Waals surface area contributed by atoms with Gasteiger partial charge in [-0.3, -0.25) is 0 Å². The summed E-state index contributed by atoms with van der Waals surface area (Å²) in [5, 5.41) is 0. The topological polar surface area (TPSA) is 29.5 Å². The fourth-order valence-corrected chi connectivity index (χ4v) is 1.45. The molecule has 0 atom stereocenters. The number of carbonyl (C=O) groups is 1. The van der Waals surface area contributed by atoms with E-state index in [1.165, 1.54) is 0 Å². The molecule has 0 aromatic rings. The molecule has 0 aliphatic heterocycles. The molecule has 3 nitrogen and oxygen atoms in total. The second-order valence-corrected chi connectivity index (χ2v) is 3.98. The summed E-state index contributed by atoms with van der Waals surface area (Å²) in [4.78, 5) is 13.7. The van der Waals surface area contributed by atoms with Crippen LogP contribution in [0.15, 0.2) is 11.8 Å². The van der Waals surface area contributed by atoms with Gasteiger partial charge in [-0.2, -0.15) is 0 Å². The third kappa shape index (κ3) is 6.49. The standard InChI is InChI=1S/C13H25NO2/c1-5-8-14(9-6-2)11-12(4)13(15)16-10-7-3/h11H,5-10H2,1-4H3/b12-11+. The number of nitrogens with zero attached hydrogens (tertiary/aromatic N) is 1. The minimum atomic E-state index is -0.195. The first-order valence-corrected chi connectivity index (χ1v) is 6.25. The fraction of sp³-hybridized carbons (Fsp3) is 0.769. The molecule has 3 heteroatoms. The van der Waals surface area contributed by atoms with Gasteiger partial charge in [-0.15, -0.1) is 0 Å². The molecule has 0 aliphatic rings. The van der Waals surface area contributed by atoms with Crippen LogP contribution < -0.4 is 0 Å². The van der Waals surface area contributed by atoms with E-state index in [1.807, 2.05) is 20.0 Å². The Morgan fingerprint density at radius 2 is 1.69 bits per heavy atom. The van der Waals surface area contributed by atoms with Crippen LogP contribution in [-0.4, -0.2) is 30.6 Å². The van der Waals surface area contributed by atoms with Gasteiger partial charge in [-0.25, -0.2) is 4.79 Å². The molecule has 0 aromatic carbocycles. The number of ether oxygens (including phenoxy) is 1. The first kappa shape index (κ1) is 15.0. The van der Waals surface area contributed by atoms with Crippen molar-refractivity contribution in [3.8, 4) is 0 Å². The lowest BCUT2D eigenvalue weighted by molar-refractivity contribution is -0.139. The average Bonchev–Trinajstić information content (AvgIpc) is 2.26. The molecule has 0 saturated carbocycles. The molecular formula is C13H25NO2. The van der Waals surface area contributed by atoms with Gasteiger partial charge >= 0.3 is 5.97 Å². The predicted molar refractivity (Wildman–Crippen MR) is 67.2 cm³/mol. The molecule has 0 radical (unpaired) electrons. The van der Waals surface area contributed by atoms with Gasteiger partial charge in [0.1, 0.15) is 0 Å². The highest BCUT2D eigenvalue weighted by atomic mass is 16.5. The fourth-order valence-electron chi connectivity index (χ4n) is 1.45. The predicted octanol–water partition coefficient (Wildman–Crippen LogP) is 2.97. The van der Waals surface area contributed by atoms with Gasteiger partial charge in [0.2, 0.25) is 0 Å². The molecule has 0 rings (SSSR count). The number of rotatable bonds is 8. The molecule has 0 heterocycles. The molecule has 0 aliphatic carbocycles. The van der Waals surface area contributed by atoms with E-state index in [-0.39, 0.29) is 5.97 Å². The first-order valence-electron chi connectivity index (χ1n) is 6.25. The van der Waals surface area contributed by atoms with Crippen LogP contribution in [0.5, 0.6) is 0 Å². The second-order valence-electron chi connectivity index (χ2n) is 3.98. The molecule has 0 unspecified atom stereocenters. The lowest BCUT2D eigenvalue weighted by Gasteiger charge is -2.19. The SMILES string of the molecule is CCCOC(=O)/C(C)=C/N(CCC)CCC. The van der Waals surface area contributed by atoms with E-state index in [0.717, 1.165) is 32.4 Å². The largest absolute Gasteiger partial charge is 0.462 e. The third-order valence-corrected chi connectivity index (χ3v) is 2.16. The van der Waals surface area contributed by atoms with E-state index in [9.17, 15) is 4.79 Å². The maximum atomic E-state index is 11.5. The minimum absolute atomic E-state index is 0.195. The van der Waals surface area contributed by atoms with Crippen molar-refractivity contribution < 1.29 is 9.53 Å². The van der Waals surface area contributed by atoms with E-state index >= 15 is 0 Å². The van der Waals surface area contributed by atoms with Crippen LogP contribution in [0.25, 0.3) is 0 Å². The van der Waals surface area contributed by atoms with Crippen molar-refractivity contribution >= 4 is 5.97 Å². The van der Waals surface area contributed by atoms with E-state index < -0.39 is 0 Å². The van der Waals surface area contributed by atoms with E-state index in [0.29, 0.717) is 12.2 Å². The summed E-state index contributed by atoms with van der Waals surface area (Å²) in [5.41, 5.74) is 0.690. The third-order valence-electron chi connectivity index (χ3n) is 2.16. The van der Waals surface area contributed by atoms with E-state index in [4.69, 9.17) is 4.74 Å². The van der Waals surface area contributed by atoms with E-state index in [2.05, 4.69) is 18.7 Å². The summed E-state index contributed by atoms with van der Waals surface area (Å²) in [7, 11) is 0. The Morgan fingerprint density at radius 1 is 1.12 bits per heavy atom. The van der Waals surface area contributed by atoms with Crippen molar-refractivity contribution in [3.63, 3.8) is 0 Å². The molecule has 0 bridgehead atoms. The summed E-state index contributed by atoms with van der Waals surface area (Å²) in [5.74, 6) is -0.195. The molecule has 0 fully saturated rings. The summed E-state index contributed by atoms with van der Waals surface area (Å²) >= 11 is 0. The monoisotopic (exact) mass is 227 g/mol. The maximum Gasteiger partial charge on any atom is 0.335 e. The van der Waals surface area contributed by atoms with Crippen LogP contribution in [0.4, 0.5) is 0 Å². The van der Waals surface area contributed by atoms with Gasteiger partial charge in [-0.1, -0.05) is 20.8 Å². The van der Waals surface area contributed by atoms with Crippen molar-refractivity contribution in [3.05, 3.63) is 11.8 Å². The highest BCUT2D eigenvalue weighted by Gasteiger charge is 2.07. The van der Waals surface area contributed by atoms with Gasteiger partial charge in [0, 0.05) is 24.9 Å². The molecule has 16 heavy (non-hydrogen) atoms. The Balaban J connectivity index is 4.27. The van der Waals surface area contributed by atoms with Gasteiger partial charge in [0.15, 0.2) is 0 Å². The number of carbonyl (C=O) groups excluding carboxylic acids is 1. The number of esters is 1. The molecule has 0 N–H and O–H groups in total. The van der Waals surface area contributed by atoms with Crippen LogP contribution in [0.2, 0.25) is 0 Å². The second kappa shape index (κ2) is 9.25. The molecular weight excluding hydrogens is 202 g/mol. The Hall–Kier alpha value is -0.990. The van der Waals surface area contributed by atoms with Crippen LogP contribution in [0, 0.1) is 0 Å². The van der Waals surface area contributed by atoms with Crippen molar-refractivity contribution in [2.45, 2.75) is 47.0 Å². The maximum absolute atomic E-state index is 11.5. The van der Waals surface area contributed by atoms with E-state index in [1.54, 1.807) is 0 Å². The summed E-state index contributed by atoms with van der Waals surface area (Å²) in [6.45, 7) is 10.6. The van der Waals surface area contributed by atoms with Gasteiger partial charge in [-0.05, 0) is 26.2 Å². The zero-order chi connectivity index (χ0) is 12.4. The molecule has 0 aromatic heterocycles. The molecule has 94 valence electrons. The van der Waals surface area contributed by atoms with Crippen molar-refractivity contribution in [1.82, 2.24) is 4.90 Å². The normalized spacial score (nSPS) is 11.4. The molecule has 0 amide bonds. The number of hydrogen-bond acceptors (Lipinski definition) is 3. The molecule has 0 spiro atoms. The van der Waals surface area contributed by atoms with Crippen molar-refractivity contribution in [1.29, 1.82) is 0 Å². The Morgan fingerprint density at radius 3 is 2.12 bits per heavy atom. The number of hydrogen-bond donors (Lipinski definition) is 0. The zero-order valence-corrected chi connectivity index (χ0v) is 11.1. The van der Waals surface area contributed by atoms with Crippen LogP contribution in [0.3, 0.4) is 0 Å². The average molecular weight is 227 g/mol. The Kier molecular flexibility index (Phi) is 8.68. The summed E-state index contributed by atoms with van der Waals surface area (Å²) in [6.07, 6.45) is 4.97. The summed E-state index contributed by atoms with van der Waals surface area (Å²) < 4.78 is 5.08. The quantitative estimate of drug-likeness (QED) is 0.471. The first-order chi connectivity index (χ1) is 7.65. The Bertz CT molecular complexity index is 218. The van der Waals surface area contributed by atoms with Gasteiger partial charge in [0.05, 0.1) is 6.61 Å². The van der Waals surface area contributed by atoms with Gasteiger partial charge in [0.25, 0.3) is 0 Å². The van der Waals surface area contributed by atoms with Crippen molar-refractivity contribution in [2.24, 2.45) is 0 Å². The Labute approximate surface area is 99.5 Å². The zero-order valence-electron chi connectivity index (χ0n) is 11.1. The summed E-state index contributed by atoms with van der Waals surface area (Å²) in [6, 6.07) is 0.